The van der Waals surface area contributed by atoms with Gasteiger partial charge in [0, 0.05) is 19.0 Å². The van der Waals surface area contributed by atoms with Crippen molar-refractivity contribution in [1.82, 2.24) is 4.90 Å². The maximum absolute atomic E-state index is 11.1. The van der Waals surface area contributed by atoms with Crippen LogP contribution in [0.1, 0.15) is 39.0 Å². The minimum Gasteiger partial charge on any atom is -0.298 e. The maximum Gasteiger partial charge on any atom is 0.148 e. The van der Waals surface area contributed by atoms with Crippen molar-refractivity contribution in [3.63, 3.8) is 0 Å². The highest BCUT2D eigenvalue weighted by Gasteiger charge is 2.29. The summed E-state index contributed by atoms with van der Waals surface area (Å²) < 4.78 is 0. The van der Waals surface area contributed by atoms with Crippen molar-refractivity contribution in [3.05, 3.63) is 0 Å². The first kappa shape index (κ1) is 9.20. The number of likely N-dealkylation sites (tertiary alicyclic amines) is 1. The van der Waals surface area contributed by atoms with E-state index in [9.17, 15) is 4.79 Å². The molecule has 0 aromatic carbocycles. The van der Waals surface area contributed by atoms with Crippen molar-refractivity contribution >= 4 is 5.78 Å². The van der Waals surface area contributed by atoms with Crippen LogP contribution >= 0.6 is 0 Å². The normalized spacial score (nSPS) is 36.8. The fourth-order valence-corrected chi connectivity index (χ4v) is 2.70. The summed E-state index contributed by atoms with van der Waals surface area (Å²) in [7, 11) is 0. The van der Waals surface area contributed by atoms with Gasteiger partial charge < -0.3 is 0 Å². The van der Waals surface area contributed by atoms with Crippen LogP contribution in [0.25, 0.3) is 0 Å². The Morgan fingerprint density at radius 1 is 1.38 bits per heavy atom. The van der Waals surface area contributed by atoms with E-state index in [0.717, 1.165) is 31.5 Å². The Morgan fingerprint density at radius 2 is 2.23 bits per heavy atom. The molecule has 2 nitrogen and oxygen atoms in total. The zero-order valence-electron chi connectivity index (χ0n) is 8.46. The Morgan fingerprint density at radius 3 is 2.85 bits per heavy atom. The quantitative estimate of drug-likeness (QED) is 0.615. The lowest BCUT2D eigenvalue weighted by molar-refractivity contribution is -0.117. The Bertz CT molecular complexity index is 202. The summed E-state index contributed by atoms with van der Waals surface area (Å²) in [5.41, 5.74) is 0. The van der Waals surface area contributed by atoms with Gasteiger partial charge in [0.15, 0.2) is 0 Å². The summed E-state index contributed by atoms with van der Waals surface area (Å²) in [6.07, 6.45) is 6.17. The van der Waals surface area contributed by atoms with Gasteiger partial charge in [-0.1, -0.05) is 19.8 Å². The summed E-state index contributed by atoms with van der Waals surface area (Å²) in [6.45, 7) is 4.09. The van der Waals surface area contributed by atoms with Crippen molar-refractivity contribution < 1.29 is 4.79 Å². The van der Waals surface area contributed by atoms with Crippen molar-refractivity contribution in [3.8, 4) is 0 Å². The lowest BCUT2D eigenvalue weighted by Gasteiger charge is -2.33. The molecule has 0 N–H and O–H groups in total. The number of carbonyl (C=O) groups is 1. The zero-order valence-corrected chi connectivity index (χ0v) is 8.46. The van der Waals surface area contributed by atoms with Crippen LogP contribution in [0.5, 0.6) is 0 Å². The third-order valence-electron chi connectivity index (χ3n) is 3.48. The van der Waals surface area contributed by atoms with Crippen molar-refractivity contribution in [2.24, 2.45) is 5.92 Å². The SMILES string of the molecule is CC1CCCC(N2CCC(=O)C2)C1. The molecule has 2 fully saturated rings. The van der Waals surface area contributed by atoms with Gasteiger partial charge in [0.05, 0.1) is 6.54 Å². The molecule has 0 bridgehead atoms. The molecular weight excluding hydrogens is 162 g/mol. The minimum atomic E-state index is 0.443. The fraction of sp³-hybridized carbons (Fsp3) is 0.909. The molecule has 0 aromatic rings. The van der Waals surface area contributed by atoms with Crippen molar-refractivity contribution in [2.45, 2.75) is 45.1 Å². The molecule has 1 aliphatic carbocycles. The van der Waals surface area contributed by atoms with Gasteiger partial charge in [-0.05, 0) is 18.8 Å². The monoisotopic (exact) mass is 181 g/mol. The van der Waals surface area contributed by atoms with E-state index in [2.05, 4.69) is 11.8 Å². The Balaban J connectivity index is 1.89. The number of carbonyl (C=O) groups excluding carboxylic acids is 1. The third-order valence-corrected chi connectivity index (χ3v) is 3.48. The van der Waals surface area contributed by atoms with Crippen LogP contribution in [0.4, 0.5) is 0 Å². The second kappa shape index (κ2) is 3.79. The third kappa shape index (κ3) is 2.11. The topological polar surface area (TPSA) is 20.3 Å². The minimum absolute atomic E-state index is 0.443. The van der Waals surface area contributed by atoms with Crippen LogP contribution in [0.3, 0.4) is 0 Å². The van der Waals surface area contributed by atoms with E-state index in [1.54, 1.807) is 0 Å². The summed E-state index contributed by atoms with van der Waals surface area (Å²) in [5.74, 6) is 1.31. The first-order valence-corrected chi connectivity index (χ1v) is 5.51. The van der Waals surface area contributed by atoms with Crippen molar-refractivity contribution in [1.29, 1.82) is 0 Å². The zero-order chi connectivity index (χ0) is 9.26. The molecule has 2 rings (SSSR count). The first-order chi connectivity index (χ1) is 6.25. The lowest BCUT2D eigenvalue weighted by atomic mass is 9.86. The van der Waals surface area contributed by atoms with Crippen LogP contribution in [0.15, 0.2) is 0 Å². The van der Waals surface area contributed by atoms with Gasteiger partial charge in [-0.2, -0.15) is 0 Å². The van der Waals surface area contributed by atoms with Gasteiger partial charge in [0.25, 0.3) is 0 Å². The Hall–Kier alpha value is -0.370. The molecule has 1 heterocycles. The highest BCUT2D eigenvalue weighted by atomic mass is 16.1. The highest BCUT2D eigenvalue weighted by Crippen LogP contribution is 2.28. The van der Waals surface area contributed by atoms with Gasteiger partial charge >= 0.3 is 0 Å². The molecule has 2 unspecified atom stereocenters. The predicted octanol–water partition coefficient (Wildman–Crippen LogP) is 1.84. The molecule has 1 saturated carbocycles. The molecule has 1 aliphatic heterocycles. The average Bonchev–Trinajstić information content (AvgIpc) is 2.52. The highest BCUT2D eigenvalue weighted by molar-refractivity contribution is 5.82. The van der Waals surface area contributed by atoms with Crippen LogP contribution in [-0.2, 0) is 4.79 Å². The molecule has 1 saturated heterocycles. The van der Waals surface area contributed by atoms with Crippen molar-refractivity contribution in [2.75, 3.05) is 13.1 Å². The Kier molecular flexibility index (Phi) is 2.68. The summed E-state index contributed by atoms with van der Waals surface area (Å²) >= 11 is 0. The molecule has 13 heavy (non-hydrogen) atoms. The molecule has 2 heteroatoms. The number of rotatable bonds is 1. The standard InChI is InChI=1S/C11H19NO/c1-9-3-2-4-10(7-9)12-6-5-11(13)8-12/h9-10H,2-8H2,1H3. The predicted molar refractivity (Wildman–Crippen MR) is 52.6 cm³/mol. The summed E-state index contributed by atoms with van der Waals surface area (Å²) in [6, 6.07) is 0.718. The van der Waals surface area contributed by atoms with Crippen LogP contribution in [0, 0.1) is 5.92 Å². The van der Waals surface area contributed by atoms with Crippen LogP contribution < -0.4 is 0 Å². The van der Waals surface area contributed by atoms with E-state index in [-0.39, 0.29) is 0 Å². The van der Waals surface area contributed by atoms with Gasteiger partial charge in [-0.15, -0.1) is 0 Å². The molecule has 0 spiro atoms. The first-order valence-electron chi connectivity index (χ1n) is 5.51. The lowest BCUT2D eigenvalue weighted by Crippen LogP contribution is -2.36. The fourth-order valence-electron chi connectivity index (χ4n) is 2.70. The molecule has 2 aliphatic rings. The van der Waals surface area contributed by atoms with Gasteiger partial charge in [0.1, 0.15) is 5.78 Å². The molecule has 0 aromatic heterocycles. The van der Waals surface area contributed by atoms with E-state index in [4.69, 9.17) is 0 Å². The van der Waals surface area contributed by atoms with E-state index in [0.29, 0.717) is 5.78 Å². The average molecular weight is 181 g/mol. The summed E-state index contributed by atoms with van der Waals surface area (Å²) in [5, 5.41) is 0. The van der Waals surface area contributed by atoms with E-state index in [1.165, 1.54) is 25.7 Å². The van der Waals surface area contributed by atoms with Crippen LogP contribution in [-0.4, -0.2) is 29.8 Å². The van der Waals surface area contributed by atoms with Crippen LogP contribution in [0.2, 0.25) is 0 Å². The molecule has 2 atom stereocenters. The Labute approximate surface area is 80.3 Å². The van der Waals surface area contributed by atoms with E-state index < -0.39 is 0 Å². The molecule has 0 amide bonds. The van der Waals surface area contributed by atoms with E-state index in [1.807, 2.05) is 0 Å². The second-order valence-electron chi connectivity index (χ2n) is 4.68. The number of nitrogens with zero attached hydrogens (tertiary/aromatic N) is 1. The number of Topliss-reactive ketones (excluding diaryl/α,β-unsaturated/α-hetero) is 1. The molecule has 74 valence electrons. The number of hydrogen-bond acceptors (Lipinski definition) is 2. The second-order valence-corrected chi connectivity index (χ2v) is 4.68. The number of hydrogen-bond donors (Lipinski definition) is 0. The number of ketones is 1. The smallest absolute Gasteiger partial charge is 0.148 e. The van der Waals surface area contributed by atoms with Gasteiger partial charge in [-0.3, -0.25) is 9.69 Å². The van der Waals surface area contributed by atoms with Gasteiger partial charge in [0.2, 0.25) is 0 Å². The maximum atomic E-state index is 11.1. The summed E-state index contributed by atoms with van der Waals surface area (Å²) in [4.78, 5) is 13.5. The molecular formula is C11H19NO. The van der Waals surface area contributed by atoms with E-state index >= 15 is 0 Å². The largest absolute Gasteiger partial charge is 0.298 e. The van der Waals surface area contributed by atoms with Gasteiger partial charge in [-0.25, -0.2) is 0 Å². The molecule has 0 radical (unpaired) electrons.